The van der Waals surface area contributed by atoms with Crippen molar-refractivity contribution in [2.75, 3.05) is 0 Å². The van der Waals surface area contributed by atoms with E-state index in [4.69, 9.17) is 23.2 Å². The van der Waals surface area contributed by atoms with E-state index in [0.29, 0.717) is 22.2 Å². The zero-order valence-electron chi connectivity index (χ0n) is 15.7. The minimum absolute atomic E-state index is 0.000614. The van der Waals surface area contributed by atoms with E-state index in [1.54, 1.807) is 30.0 Å². The second-order valence-electron chi connectivity index (χ2n) is 6.76. The molecule has 0 bridgehead atoms. The molecule has 0 spiro atoms. The number of halogens is 2. The Hall–Kier alpha value is -2.04. The predicted octanol–water partition coefficient (Wildman–Crippen LogP) is 4.48. The number of carbonyl (C=O) groups excluding carboxylic acids is 2. The number of carbonyl (C=O) groups is 2. The molecular weight excluding hydrogens is 383 g/mol. The molecule has 0 fully saturated rings. The number of nitrogens with zero attached hydrogens (tertiary/aromatic N) is 1. The number of benzene rings is 2. The van der Waals surface area contributed by atoms with E-state index >= 15 is 0 Å². The number of rotatable bonds is 7. The van der Waals surface area contributed by atoms with Crippen molar-refractivity contribution in [2.45, 2.75) is 45.8 Å². The molecule has 2 amide bonds. The summed E-state index contributed by atoms with van der Waals surface area (Å²) in [4.78, 5) is 27.1. The molecule has 2 rings (SSSR count). The highest BCUT2D eigenvalue weighted by Gasteiger charge is 2.26. The van der Waals surface area contributed by atoms with Crippen LogP contribution in [0.15, 0.2) is 48.5 Å². The van der Waals surface area contributed by atoms with Gasteiger partial charge in [-0.1, -0.05) is 59.6 Å². The average molecular weight is 407 g/mol. The Balaban J connectivity index is 2.24. The van der Waals surface area contributed by atoms with Crippen molar-refractivity contribution in [2.24, 2.45) is 0 Å². The molecule has 6 heteroatoms. The van der Waals surface area contributed by atoms with E-state index in [0.717, 1.165) is 5.56 Å². The predicted molar refractivity (Wildman–Crippen MR) is 110 cm³/mol. The van der Waals surface area contributed by atoms with Crippen LogP contribution >= 0.6 is 23.2 Å². The molecule has 2 aromatic carbocycles. The molecule has 0 aliphatic heterocycles. The molecule has 0 aliphatic rings. The van der Waals surface area contributed by atoms with E-state index in [9.17, 15) is 9.59 Å². The van der Waals surface area contributed by atoms with Gasteiger partial charge in [-0.25, -0.2) is 0 Å². The minimum atomic E-state index is -0.605. The zero-order chi connectivity index (χ0) is 20.0. The summed E-state index contributed by atoms with van der Waals surface area (Å²) in [5.74, 6) is -0.356. The SMILES string of the molecule is CC(C)NC(=O)[C@@H](C)N(Cc1ccccc1)C(=O)Cc1ccc(Cl)cc1Cl. The maximum absolute atomic E-state index is 13.0. The highest BCUT2D eigenvalue weighted by atomic mass is 35.5. The molecule has 2 aromatic rings. The number of hydrogen-bond donors (Lipinski definition) is 1. The van der Waals surface area contributed by atoms with E-state index < -0.39 is 6.04 Å². The Bertz CT molecular complexity index is 794. The average Bonchev–Trinajstić information content (AvgIpc) is 2.61. The summed E-state index contributed by atoms with van der Waals surface area (Å²) in [5, 5.41) is 3.83. The van der Waals surface area contributed by atoms with Crippen LogP contribution < -0.4 is 5.32 Å². The first-order chi connectivity index (χ1) is 12.8. The van der Waals surface area contributed by atoms with Gasteiger partial charge in [0, 0.05) is 22.6 Å². The molecule has 0 heterocycles. The van der Waals surface area contributed by atoms with Crippen LogP contribution in [0.4, 0.5) is 0 Å². The van der Waals surface area contributed by atoms with Gasteiger partial charge in [0.2, 0.25) is 11.8 Å². The van der Waals surface area contributed by atoms with E-state index in [1.165, 1.54) is 0 Å². The fourth-order valence-corrected chi connectivity index (χ4v) is 3.17. The summed E-state index contributed by atoms with van der Waals surface area (Å²) in [6.45, 7) is 5.86. The van der Waals surface area contributed by atoms with Gasteiger partial charge in [0.1, 0.15) is 6.04 Å². The third kappa shape index (κ3) is 6.26. The third-order valence-electron chi connectivity index (χ3n) is 4.15. The summed E-state index contributed by atoms with van der Waals surface area (Å²) in [5.41, 5.74) is 1.64. The normalized spacial score (nSPS) is 11.9. The van der Waals surface area contributed by atoms with Crippen LogP contribution in [-0.2, 0) is 22.6 Å². The highest BCUT2D eigenvalue weighted by Crippen LogP contribution is 2.22. The molecule has 0 radical (unpaired) electrons. The van der Waals surface area contributed by atoms with Crippen molar-refractivity contribution in [3.8, 4) is 0 Å². The second-order valence-corrected chi connectivity index (χ2v) is 7.60. The summed E-state index contributed by atoms with van der Waals surface area (Å²) in [6.07, 6.45) is 0.0993. The fraction of sp³-hybridized carbons (Fsp3) is 0.333. The van der Waals surface area contributed by atoms with Gasteiger partial charge in [-0.05, 0) is 44.0 Å². The maximum atomic E-state index is 13.0. The lowest BCUT2D eigenvalue weighted by Crippen LogP contribution is -2.49. The number of nitrogens with one attached hydrogen (secondary N) is 1. The van der Waals surface area contributed by atoms with Gasteiger partial charge in [0.05, 0.1) is 6.42 Å². The Labute approximate surface area is 170 Å². The van der Waals surface area contributed by atoms with E-state index in [1.807, 2.05) is 44.2 Å². The van der Waals surface area contributed by atoms with Crippen LogP contribution in [0, 0.1) is 0 Å². The molecule has 0 aliphatic carbocycles. The first-order valence-corrected chi connectivity index (χ1v) is 9.61. The van der Waals surface area contributed by atoms with Crippen molar-refractivity contribution < 1.29 is 9.59 Å². The molecule has 0 aromatic heterocycles. The summed E-state index contributed by atoms with van der Waals surface area (Å²) in [7, 11) is 0. The van der Waals surface area contributed by atoms with Crippen molar-refractivity contribution in [3.63, 3.8) is 0 Å². The van der Waals surface area contributed by atoms with Crippen molar-refractivity contribution in [1.29, 1.82) is 0 Å². The quantitative estimate of drug-likeness (QED) is 0.736. The lowest BCUT2D eigenvalue weighted by atomic mass is 10.1. The Morgan fingerprint density at radius 2 is 1.70 bits per heavy atom. The van der Waals surface area contributed by atoms with Gasteiger partial charge in [0.25, 0.3) is 0 Å². The Morgan fingerprint density at radius 3 is 2.30 bits per heavy atom. The molecule has 0 unspecified atom stereocenters. The van der Waals surface area contributed by atoms with Crippen LogP contribution in [0.5, 0.6) is 0 Å². The number of hydrogen-bond acceptors (Lipinski definition) is 2. The van der Waals surface area contributed by atoms with Crippen LogP contribution in [0.2, 0.25) is 10.0 Å². The molecular formula is C21H24Cl2N2O2. The van der Waals surface area contributed by atoms with Gasteiger partial charge in [-0.3, -0.25) is 9.59 Å². The van der Waals surface area contributed by atoms with Crippen LogP contribution in [-0.4, -0.2) is 28.8 Å². The third-order valence-corrected chi connectivity index (χ3v) is 4.74. The monoisotopic (exact) mass is 406 g/mol. The fourth-order valence-electron chi connectivity index (χ4n) is 2.70. The highest BCUT2D eigenvalue weighted by molar-refractivity contribution is 6.35. The molecule has 4 nitrogen and oxygen atoms in total. The molecule has 27 heavy (non-hydrogen) atoms. The van der Waals surface area contributed by atoms with Gasteiger partial charge in [-0.2, -0.15) is 0 Å². The first kappa shape index (κ1) is 21.3. The lowest BCUT2D eigenvalue weighted by molar-refractivity contribution is -0.140. The van der Waals surface area contributed by atoms with Gasteiger partial charge in [0.15, 0.2) is 0 Å². The van der Waals surface area contributed by atoms with Crippen molar-refractivity contribution >= 4 is 35.0 Å². The Morgan fingerprint density at radius 1 is 1.04 bits per heavy atom. The Kier molecular flexibility index (Phi) is 7.69. The minimum Gasteiger partial charge on any atom is -0.352 e. The van der Waals surface area contributed by atoms with Gasteiger partial charge in [-0.15, -0.1) is 0 Å². The standard InChI is InChI=1S/C21H24Cl2N2O2/c1-14(2)24-21(27)15(3)25(13-16-7-5-4-6-8-16)20(26)11-17-9-10-18(22)12-19(17)23/h4-10,12,14-15H,11,13H2,1-3H3,(H,24,27)/t15-/m1/s1. The largest absolute Gasteiger partial charge is 0.352 e. The summed E-state index contributed by atoms with van der Waals surface area (Å²) < 4.78 is 0. The van der Waals surface area contributed by atoms with Crippen molar-refractivity contribution in [1.82, 2.24) is 10.2 Å². The van der Waals surface area contributed by atoms with Crippen molar-refractivity contribution in [3.05, 3.63) is 69.7 Å². The molecule has 144 valence electrons. The topological polar surface area (TPSA) is 49.4 Å². The molecule has 1 atom stereocenters. The molecule has 0 saturated heterocycles. The maximum Gasteiger partial charge on any atom is 0.242 e. The van der Waals surface area contributed by atoms with Crippen LogP contribution in [0.25, 0.3) is 0 Å². The summed E-state index contributed by atoms with van der Waals surface area (Å²) in [6, 6.07) is 14.0. The first-order valence-electron chi connectivity index (χ1n) is 8.85. The smallest absolute Gasteiger partial charge is 0.242 e. The van der Waals surface area contributed by atoms with E-state index in [-0.39, 0.29) is 24.3 Å². The van der Waals surface area contributed by atoms with Crippen LogP contribution in [0.1, 0.15) is 31.9 Å². The molecule has 1 N–H and O–H groups in total. The number of amides is 2. The van der Waals surface area contributed by atoms with Gasteiger partial charge >= 0.3 is 0 Å². The molecule has 0 saturated carbocycles. The second kappa shape index (κ2) is 9.77. The van der Waals surface area contributed by atoms with E-state index in [2.05, 4.69) is 5.32 Å². The zero-order valence-corrected chi connectivity index (χ0v) is 17.2. The van der Waals surface area contributed by atoms with Gasteiger partial charge < -0.3 is 10.2 Å². The van der Waals surface area contributed by atoms with Crippen LogP contribution in [0.3, 0.4) is 0 Å². The summed E-state index contributed by atoms with van der Waals surface area (Å²) >= 11 is 12.1. The lowest BCUT2D eigenvalue weighted by Gasteiger charge is -2.29.